The second-order valence-electron chi connectivity index (χ2n) is 11.7. The number of nitrogens with zero attached hydrogens (tertiary/aromatic N) is 5. The fourth-order valence-electron chi connectivity index (χ4n) is 6.68. The number of carbonyl (C=O) groups excluding carboxylic acids is 2. The number of amides is 1. The second-order valence-corrected chi connectivity index (χ2v) is 12.6. The molecule has 0 aliphatic carbocycles. The zero-order valence-corrected chi connectivity index (χ0v) is 25.5. The van der Waals surface area contributed by atoms with Crippen LogP contribution in [-0.2, 0) is 19.1 Å². The van der Waals surface area contributed by atoms with Gasteiger partial charge in [0.15, 0.2) is 10.8 Å². The number of aliphatic imine (C=N–C) groups is 1. The van der Waals surface area contributed by atoms with Crippen LogP contribution in [0.15, 0.2) is 46.0 Å². The highest BCUT2D eigenvalue weighted by molar-refractivity contribution is 7.11. The first-order valence-electron chi connectivity index (χ1n) is 14.7. The number of hydrogen-bond donors (Lipinski definition) is 2. The molecule has 0 saturated carbocycles. The molecule has 3 atom stereocenters. The lowest BCUT2D eigenvalue weighted by Crippen LogP contribution is -2.57. The Morgan fingerprint density at radius 2 is 2.00 bits per heavy atom. The van der Waals surface area contributed by atoms with Crippen LogP contribution in [0.2, 0.25) is 0 Å². The van der Waals surface area contributed by atoms with Gasteiger partial charge in [0, 0.05) is 49.5 Å². The first kappa shape index (κ1) is 31.2. The van der Waals surface area contributed by atoms with Gasteiger partial charge in [-0.2, -0.15) is 0 Å². The van der Waals surface area contributed by atoms with Gasteiger partial charge in [-0.1, -0.05) is 12.1 Å². The number of likely N-dealkylation sites (tertiary alicyclic amines) is 3. The number of carboxylic acids is 1. The fraction of sp³-hybridized carbons (Fsp3) is 0.500. The molecule has 15 heteroatoms. The molecule has 45 heavy (non-hydrogen) atoms. The van der Waals surface area contributed by atoms with Crippen LogP contribution in [-0.4, -0.2) is 112 Å². The van der Waals surface area contributed by atoms with E-state index >= 15 is 8.78 Å². The van der Waals surface area contributed by atoms with E-state index in [4.69, 9.17) is 14.8 Å². The summed E-state index contributed by atoms with van der Waals surface area (Å²) in [6.45, 7) is 2.81. The number of carboxylic acid groups (broad SMARTS) is 1. The van der Waals surface area contributed by atoms with Crippen molar-refractivity contribution in [2.24, 2.45) is 10.9 Å². The van der Waals surface area contributed by atoms with Crippen LogP contribution in [0.1, 0.15) is 35.5 Å². The Morgan fingerprint density at radius 3 is 2.69 bits per heavy atom. The summed E-state index contributed by atoms with van der Waals surface area (Å²) in [6.07, 6.45) is 1.96. The maximum atomic E-state index is 15.7. The highest BCUT2D eigenvalue weighted by Gasteiger charge is 2.60. The van der Waals surface area contributed by atoms with Crippen molar-refractivity contribution in [2.75, 3.05) is 45.9 Å². The summed E-state index contributed by atoms with van der Waals surface area (Å²) < 4.78 is 51.5. The van der Waals surface area contributed by atoms with Crippen LogP contribution in [0.3, 0.4) is 0 Å². The van der Waals surface area contributed by atoms with Gasteiger partial charge in [-0.15, -0.1) is 11.3 Å². The molecule has 6 rings (SSSR count). The lowest BCUT2D eigenvalue weighted by molar-refractivity contribution is -0.153. The Balaban J connectivity index is 1.30. The van der Waals surface area contributed by atoms with Crippen LogP contribution in [0.5, 0.6) is 0 Å². The Labute approximate surface area is 261 Å². The summed E-state index contributed by atoms with van der Waals surface area (Å²) >= 11 is 1.30. The molecule has 1 amide bonds. The van der Waals surface area contributed by atoms with Crippen molar-refractivity contribution < 1.29 is 37.4 Å². The van der Waals surface area contributed by atoms with Gasteiger partial charge in [0.2, 0.25) is 5.91 Å². The molecule has 5 heterocycles. The standard InChI is InChI=1S/C30H33F3N6O5S/c1-3-44-29(43)23-20(35-26(27-34-8-10-45-27)36-24(23)18-5-4-6-19(31)16(18)2)13-39-15-30(32,33)25-21(39)7-9-37(25)14-22(40)38-11-17(12-38)28(41)42/h4-6,8,10,17,21,24-25H,3,7,9,11-15H2,1-2H3,(H,35,36)(H,41,42)/t21-,24-,25+/m0/s1. The van der Waals surface area contributed by atoms with Gasteiger partial charge in [0.25, 0.3) is 5.92 Å². The number of thiazole rings is 1. The first-order valence-corrected chi connectivity index (χ1v) is 15.6. The number of esters is 1. The van der Waals surface area contributed by atoms with Gasteiger partial charge in [-0.3, -0.25) is 24.4 Å². The Bertz CT molecular complexity index is 1560. The summed E-state index contributed by atoms with van der Waals surface area (Å²) in [7, 11) is 0. The topological polar surface area (TPSA) is 128 Å². The second kappa shape index (κ2) is 12.2. The number of rotatable bonds is 9. The van der Waals surface area contributed by atoms with E-state index in [1.807, 2.05) is 0 Å². The number of halogens is 3. The molecule has 1 aromatic carbocycles. The molecule has 0 radical (unpaired) electrons. The molecule has 2 aromatic rings. The summed E-state index contributed by atoms with van der Waals surface area (Å²) in [5.41, 5.74) is 1.16. The zero-order valence-electron chi connectivity index (χ0n) is 24.7. The molecule has 4 aliphatic rings. The first-order chi connectivity index (χ1) is 21.5. The van der Waals surface area contributed by atoms with Gasteiger partial charge < -0.3 is 20.1 Å². The predicted molar refractivity (Wildman–Crippen MR) is 157 cm³/mol. The number of alkyl halides is 2. The van der Waals surface area contributed by atoms with E-state index in [1.165, 1.54) is 33.3 Å². The van der Waals surface area contributed by atoms with E-state index in [0.717, 1.165) is 0 Å². The van der Waals surface area contributed by atoms with E-state index in [9.17, 15) is 18.8 Å². The third kappa shape index (κ3) is 5.84. The minimum atomic E-state index is -3.16. The summed E-state index contributed by atoms with van der Waals surface area (Å²) in [5, 5.41) is 14.6. The predicted octanol–water partition coefficient (Wildman–Crippen LogP) is 2.44. The lowest BCUT2D eigenvalue weighted by Gasteiger charge is -2.38. The number of benzene rings is 1. The van der Waals surface area contributed by atoms with Crippen molar-refractivity contribution in [1.29, 1.82) is 0 Å². The average molecular weight is 647 g/mol. The van der Waals surface area contributed by atoms with E-state index < -0.39 is 54.3 Å². The van der Waals surface area contributed by atoms with Gasteiger partial charge in [-0.25, -0.2) is 22.9 Å². The monoisotopic (exact) mass is 646 g/mol. The van der Waals surface area contributed by atoms with Gasteiger partial charge in [0.05, 0.1) is 37.2 Å². The van der Waals surface area contributed by atoms with E-state index in [2.05, 4.69) is 10.3 Å². The number of hydrogen-bond acceptors (Lipinski definition) is 10. The molecule has 1 aromatic heterocycles. The number of nitrogens with one attached hydrogen (secondary N) is 1. The SMILES string of the molecule is CCOC(=O)C1=C(CN2CC(F)(F)[C@H]3[C@@H]2CCN3CC(=O)N2CC(C(=O)O)C2)NC(c2nccs2)=N[C@H]1c1cccc(F)c1C. The van der Waals surface area contributed by atoms with Gasteiger partial charge >= 0.3 is 11.9 Å². The quantitative estimate of drug-likeness (QED) is 0.395. The van der Waals surface area contributed by atoms with E-state index in [1.54, 1.807) is 36.4 Å². The Morgan fingerprint density at radius 1 is 1.22 bits per heavy atom. The summed E-state index contributed by atoms with van der Waals surface area (Å²) in [5.74, 6) is -5.98. The number of fused-ring (bicyclic) bond motifs is 1. The number of aliphatic carboxylic acids is 1. The molecular formula is C30H33F3N6O5S. The average Bonchev–Trinajstić information content (AvgIpc) is 3.68. The molecule has 11 nitrogen and oxygen atoms in total. The van der Waals surface area contributed by atoms with Crippen LogP contribution >= 0.6 is 11.3 Å². The van der Waals surface area contributed by atoms with Crippen molar-refractivity contribution >= 4 is 35.0 Å². The minimum absolute atomic E-state index is 0.0627. The van der Waals surface area contributed by atoms with Crippen molar-refractivity contribution in [2.45, 2.75) is 44.3 Å². The highest BCUT2D eigenvalue weighted by Crippen LogP contribution is 2.43. The number of ether oxygens (including phenoxy) is 1. The maximum absolute atomic E-state index is 15.7. The largest absolute Gasteiger partial charge is 0.481 e. The molecular weight excluding hydrogens is 613 g/mol. The Kier molecular flexibility index (Phi) is 8.43. The van der Waals surface area contributed by atoms with E-state index in [0.29, 0.717) is 34.1 Å². The van der Waals surface area contributed by atoms with Crippen molar-refractivity contribution in [1.82, 2.24) is 25.0 Å². The molecule has 2 N–H and O–H groups in total. The van der Waals surface area contributed by atoms with E-state index in [-0.39, 0.29) is 50.8 Å². The molecule has 240 valence electrons. The third-order valence-electron chi connectivity index (χ3n) is 8.93. The molecule has 0 unspecified atom stereocenters. The third-order valence-corrected chi connectivity index (χ3v) is 9.71. The van der Waals surface area contributed by atoms with Crippen LogP contribution in [0, 0.1) is 18.7 Å². The molecule has 3 saturated heterocycles. The van der Waals surface area contributed by atoms with Crippen molar-refractivity contribution in [3.05, 3.63) is 63.0 Å². The highest BCUT2D eigenvalue weighted by atomic mass is 32.1. The molecule has 3 fully saturated rings. The number of carbonyl (C=O) groups is 3. The lowest BCUT2D eigenvalue weighted by atomic mass is 9.92. The van der Waals surface area contributed by atoms with Crippen LogP contribution < -0.4 is 5.32 Å². The van der Waals surface area contributed by atoms with Crippen LogP contribution in [0.4, 0.5) is 13.2 Å². The normalized spacial score (nSPS) is 25.0. The molecule has 0 bridgehead atoms. The smallest absolute Gasteiger partial charge is 0.338 e. The summed E-state index contributed by atoms with van der Waals surface area (Å²) in [6, 6.07) is 1.69. The Hall–Kier alpha value is -3.82. The maximum Gasteiger partial charge on any atom is 0.338 e. The van der Waals surface area contributed by atoms with Crippen molar-refractivity contribution in [3.63, 3.8) is 0 Å². The van der Waals surface area contributed by atoms with Crippen molar-refractivity contribution in [3.8, 4) is 0 Å². The van der Waals surface area contributed by atoms with Crippen LogP contribution in [0.25, 0.3) is 0 Å². The number of aromatic nitrogens is 1. The number of amidine groups is 1. The fourth-order valence-corrected chi connectivity index (χ4v) is 7.27. The van der Waals surface area contributed by atoms with Gasteiger partial charge in [-0.05, 0) is 37.5 Å². The minimum Gasteiger partial charge on any atom is -0.481 e. The molecule has 0 spiro atoms. The van der Waals surface area contributed by atoms with Gasteiger partial charge in [0.1, 0.15) is 11.9 Å². The zero-order chi connectivity index (χ0) is 32.0. The summed E-state index contributed by atoms with van der Waals surface area (Å²) in [4.78, 5) is 51.0. The molecule has 4 aliphatic heterocycles.